The van der Waals surface area contributed by atoms with Crippen molar-refractivity contribution in [2.24, 2.45) is 0 Å². The molecule has 4 heteroatoms. The second kappa shape index (κ2) is 5.77. The minimum Gasteiger partial charge on any atom is -0.462 e. The number of nitrogens with one attached hydrogen (secondary N) is 1. The van der Waals surface area contributed by atoms with Gasteiger partial charge in [0.05, 0.1) is 6.10 Å². The van der Waals surface area contributed by atoms with E-state index in [-0.39, 0.29) is 18.1 Å². The Hall–Kier alpha value is 0.160. The molecule has 66 valence electrons. The van der Waals surface area contributed by atoms with Gasteiger partial charge in [-0.25, -0.2) is 0 Å². The van der Waals surface area contributed by atoms with Crippen molar-refractivity contribution in [3.63, 3.8) is 0 Å². The monoisotopic (exact) mass is 271 g/mol. The third-order valence-electron chi connectivity index (χ3n) is 1.09. The van der Waals surface area contributed by atoms with Gasteiger partial charge >= 0.3 is 5.97 Å². The molecule has 11 heavy (non-hydrogen) atoms. The molecule has 1 atom stereocenters. The normalized spacial score (nSPS) is 13.2. The molecule has 1 N–H and O–H groups in total. The highest BCUT2D eigenvalue weighted by molar-refractivity contribution is 14.1. The summed E-state index contributed by atoms with van der Waals surface area (Å²) >= 11 is 2.15. The van der Waals surface area contributed by atoms with Gasteiger partial charge < -0.3 is 4.74 Å². The smallest absolute Gasteiger partial charge is 0.323 e. The lowest BCUT2D eigenvalue weighted by Gasteiger charge is -2.13. The van der Waals surface area contributed by atoms with Crippen molar-refractivity contribution in [1.82, 2.24) is 5.32 Å². The maximum Gasteiger partial charge on any atom is 0.323 e. The number of alkyl halides is 1. The molecule has 0 fully saturated rings. The maximum absolute atomic E-state index is 11.1. The SMILES string of the molecule is CC(C)OC(=O)C(C)NCI. The minimum atomic E-state index is -0.200. The Kier molecular flexibility index (Phi) is 5.85. The number of ether oxygens (including phenoxy) is 1. The Balaban J connectivity index is 3.64. The first-order chi connectivity index (χ1) is 5.07. The van der Waals surface area contributed by atoms with Gasteiger partial charge in [-0.05, 0) is 20.8 Å². The molecule has 0 aromatic rings. The molecule has 0 bridgehead atoms. The quantitative estimate of drug-likeness (QED) is 0.362. The van der Waals surface area contributed by atoms with Crippen LogP contribution in [0.15, 0.2) is 0 Å². The summed E-state index contributed by atoms with van der Waals surface area (Å²) in [6, 6.07) is -0.200. The molecule has 0 aromatic carbocycles. The first-order valence-electron chi connectivity index (χ1n) is 3.57. The van der Waals surface area contributed by atoms with Crippen molar-refractivity contribution in [2.75, 3.05) is 4.55 Å². The number of carbonyl (C=O) groups excluding carboxylic acids is 1. The third kappa shape index (κ3) is 5.43. The molecular weight excluding hydrogens is 257 g/mol. The lowest BCUT2D eigenvalue weighted by atomic mass is 10.3. The summed E-state index contributed by atoms with van der Waals surface area (Å²) in [7, 11) is 0. The van der Waals surface area contributed by atoms with Crippen molar-refractivity contribution < 1.29 is 9.53 Å². The number of halogens is 1. The zero-order chi connectivity index (χ0) is 8.85. The van der Waals surface area contributed by atoms with E-state index >= 15 is 0 Å². The van der Waals surface area contributed by atoms with Gasteiger partial charge in [-0.1, -0.05) is 22.6 Å². The van der Waals surface area contributed by atoms with Gasteiger partial charge in [0.25, 0.3) is 0 Å². The summed E-state index contributed by atoms with van der Waals surface area (Å²) in [5.41, 5.74) is 0. The van der Waals surface area contributed by atoms with E-state index < -0.39 is 0 Å². The third-order valence-corrected chi connectivity index (χ3v) is 1.53. The van der Waals surface area contributed by atoms with E-state index in [0.29, 0.717) is 0 Å². The second-order valence-corrected chi connectivity index (χ2v) is 3.31. The highest BCUT2D eigenvalue weighted by atomic mass is 127. The Morgan fingerprint density at radius 3 is 2.45 bits per heavy atom. The molecule has 0 aliphatic rings. The molecule has 0 amide bonds. The molecule has 0 rings (SSSR count). The Labute approximate surface area is 81.0 Å². The molecule has 0 aromatic heterocycles. The van der Waals surface area contributed by atoms with Crippen molar-refractivity contribution >= 4 is 28.6 Å². The Morgan fingerprint density at radius 2 is 2.09 bits per heavy atom. The number of rotatable bonds is 4. The highest BCUT2D eigenvalue weighted by Gasteiger charge is 2.13. The summed E-state index contributed by atoms with van der Waals surface area (Å²) in [5, 5.41) is 2.96. The zero-order valence-corrected chi connectivity index (χ0v) is 9.21. The van der Waals surface area contributed by atoms with Crippen molar-refractivity contribution in [3.05, 3.63) is 0 Å². The van der Waals surface area contributed by atoms with Crippen LogP contribution < -0.4 is 5.32 Å². The highest BCUT2D eigenvalue weighted by Crippen LogP contribution is 1.94. The van der Waals surface area contributed by atoms with E-state index in [2.05, 4.69) is 27.9 Å². The molecule has 0 aliphatic heterocycles. The van der Waals surface area contributed by atoms with Gasteiger partial charge in [0.1, 0.15) is 6.04 Å². The summed E-state index contributed by atoms with van der Waals surface area (Å²) in [4.78, 5) is 11.1. The van der Waals surface area contributed by atoms with Crippen molar-refractivity contribution in [2.45, 2.75) is 32.9 Å². The molecule has 0 saturated carbocycles. The minimum absolute atomic E-state index is 0.0269. The van der Waals surface area contributed by atoms with E-state index in [1.807, 2.05) is 13.8 Å². The molecule has 0 heterocycles. The fraction of sp³-hybridized carbons (Fsp3) is 0.857. The predicted molar refractivity (Wildman–Crippen MR) is 52.7 cm³/mol. The van der Waals surface area contributed by atoms with Crippen LogP contribution in [-0.2, 0) is 9.53 Å². The fourth-order valence-electron chi connectivity index (χ4n) is 0.533. The molecule has 0 radical (unpaired) electrons. The lowest BCUT2D eigenvalue weighted by molar-refractivity contribution is -0.149. The van der Waals surface area contributed by atoms with Gasteiger partial charge in [0.2, 0.25) is 0 Å². The van der Waals surface area contributed by atoms with Crippen LogP contribution >= 0.6 is 22.6 Å². The lowest BCUT2D eigenvalue weighted by Crippen LogP contribution is -2.35. The number of hydrogen-bond acceptors (Lipinski definition) is 3. The number of carbonyl (C=O) groups is 1. The number of hydrogen-bond donors (Lipinski definition) is 1. The standard InChI is InChI=1S/C7H14INO2/c1-5(2)11-7(10)6(3)9-4-8/h5-6,9H,4H2,1-3H3. The summed E-state index contributed by atoms with van der Waals surface area (Å²) in [5.74, 6) is -0.184. The van der Waals surface area contributed by atoms with Gasteiger partial charge in [-0.3, -0.25) is 10.1 Å². The first-order valence-corrected chi connectivity index (χ1v) is 5.10. The predicted octanol–water partition coefficient (Wildman–Crippen LogP) is 1.31. The van der Waals surface area contributed by atoms with Crippen molar-refractivity contribution in [3.8, 4) is 0 Å². The van der Waals surface area contributed by atoms with Crippen LogP contribution in [0, 0.1) is 0 Å². The van der Waals surface area contributed by atoms with Gasteiger partial charge in [-0.2, -0.15) is 0 Å². The molecule has 0 saturated heterocycles. The summed E-state index contributed by atoms with van der Waals surface area (Å²) in [6.45, 7) is 5.48. The topological polar surface area (TPSA) is 38.3 Å². The van der Waals surface area contributed by atoms with E-state index in [1.54, 1.807) is 6.92 Å². The first kappa shape index (κ1) is 11.2. The van der Waals surface area contributed by atoms with E-state index in [0.717, 1.165) is 4.55 Å². The van der Waals surface area contributed by atoms with Crippen LogP contribution in [0.2, 0.25) is 0 Å². The molecular formula is C7H14INO2. The van der Waals surface area contributed by atoms with Crippen LogP contribution in [0.25, 0.3) is 0 Å². The molecule has 0 spiro atoms. The fourth-order valence-corrected chi connectivity index (χ4v) is 1.19. The largest absolute Gasteiger partial charge is 0.462 e. The average Bonchev–Trinajstić information content (AvgIpc) is 1.86. The van der Waals surface area contributed by atoms with Crippen LogP contribution in [0.4, 0.5) is 0 Å². The van der Waals surface area contributed by atoms with E-state index in [4.69, 9.17) is 4.74 Å². The Morgan fingerprint density at radius 1 is 1.55 bits per heavy atom. The van der Waals surface area contributed by atoms with Crippen LogP contribution in [0.3, 0.4) is 0 Å². The van der Waals surface area contributed by atoms with Gasteiger partial charge in [0, 0.05) is 4.55 Å². The second-order valence-electron chi connectivity index (χ2n) is 2.55. The summed E-state index contributed by atoms with van der Waals surface area (Å²) < 4.78 is 5.72. The van der Waals surface area contributed by atoms with E-state index in [1.165, 1.54) is 0 Å². The molecule has 1 unspecified atom stereocenters. The number of esters is 1. The average molecular weight is 271 g/mol. The van der Waals surface area contributed by atoms with Crippen LogP contribution in [-0.4, -0.2) is 22.7 Å². The van der Waals surface area contributed by atoms with Crippen LogP contribution in [0.5, 0.6) is 0 Å². The van der Waals surface area contributed by atoms with Crippen molar-refractivity contribution in [1.29, 1.82) is 0 Å². The molecule has 0 aliphatic carbocycles. The maximum atomic E-state index is 11.1. The van der Waals surface area contributed by atoms with Gasteiger partial charge in [0.15, 0.2) is 0 Å². The zero-order valence-electron chi connectivity index (χ0n) is 7.06. The van der Waals surface area contributed by atoms with E-state index in [9.17, 15) is 4.79 Å². The molecule has 3 nitrogen and oxygen atoms in total. The van der Waals surface area contributed by atoms with Gasteiger partial charge in [-0.15, -0.1) is 0 Å². The Bertz CT molecular complexity index is 128. The van der Waals surface area contributed by atoms with Crippen LogP contribution in [0.1, 0.15) is 20.8 Å². The summed E-state index contributed by atoms with van der Waals surface area (Å²) in [6.07, 6.45) is -0.0269.